The van der Waals surface area contributed by atoms with Gasteiger partial charge in [0.05, 0.1) is 0 Å². The number of carbonyl (C=O) groups is 1. The fourth-order valence-electron chi connectivity index (χ4n) is 3.83. The molecule has 1 amide bonds. The molecule has 0 aromatic heterocycles. The molecule has 20 heavy (non-hydrogen) atoms. The second-order valence-electron chi connectivity index (χ2n) is 6.05. The third-order valence-corrected chi connectivity index (χ3v) is 4.84. The van der Waals surface area contributed by atoms with Gasteiger partial charge in [-0.15, -0.1) is 0 Å². The van der Waals surface area contributed by atoms with Crippen molar-refractivity contribution >= 4 is 16.7 Å². The number of hydrogen-bond donors (Lipinski definition) is 0. The summed E-state index contributed by atoms with van der Waals surface area (Å²) >= 11 is 0. The molecule has 0 radical (unpaired) electrons. The summed E-state index contributed by atoms with van der Waals surface area (Å²) in [6.45, 7) is 0.790. The Kier molecular flexibility index (Phi) is 2.76. The second kappa shape index (κ2) is 4.62. The Bertz CT molecular complexity index is 665. The van der Waals surface area contributed by atoms with Crippen LogP contribution in [0.1, 0.15) is 48.0 Å². The van der Waals surface area contributed by atoms with Crippen LogP contribution >= 0.6 is 0 Å². The van der Waals surface area contributed by atoms with Gasteiger partial charge in [-0.25, -0.2) is 0 Å². The Labute approximate surface area is 119 Å². The normalized spacial score (nSPS) is 19.6. The molecule has 0 saturated heterocycles. The zero-order valence-corrected chi connectivity index (χ0v) is 11.6. The molecule has 1 aliphatic carbocycles. The molecule has 2 aromatic carbocycles. The number of benzene rings is 2. The van der Waals surface area contributed by atoms with Crippen molar-refractivity contribution in [2.75, 3.05) is 0 Å². The Hall–Kier alpha value is -1.83. The first-order chi connectivity index (χ1) is 9.84. The lowest BCUT2D eigenvalue weighted by Gasteiger charge is -2.37. The molecule has 2 nitrogen and oxygen atoms in total. The van der Waals surface area contributed by atoms with Gasteiger partial charge in [0.15, 0.2) is 0 Å². The summed E-state index contributed by atoms with van der Waals surface area (Å²) in [5, 5.41) is 2.36. The van der Waals surface area contributed by atoms with E-state index in [-0.39, 0.29) is 5.91 Å². The van der Waals surface area contributed by atoms with E-state index in [0.717, 1.165) is 12.1 Å². The van der Waals surface area contributed by atoms with Gasteiger partial charge in [0.25, 0.3) is 5.91 Å². The van der Waals surface area contributed by atoms with Gasteiger partial charge in [-0.2, -0.15) is 0 Å². The zero-order chi connectivity index (χ0) is 13.5. The highest BCUT2D eigenvalue weighted by molar-refractivity contribution is 6.10. The lowest BCUT2D eigenvalue weighted by Crippen LogP contribution is -2.42. The molecule has 2 aromatic rings. The van der Waals surface area contributed by atoms with Gasteiger partial charge >= 0.3 is 0 Å². The summed E-state index contributed by atoms with van der Waals surface area (Å²) < 4.78 is 0. The summed E-state index contributed by atoms with van der Waals surface area (Å²) in [6.07, 6.45) is 6.19. The van der Waals surface area contributed by atoms with Crippen LogP contribution in [-0.4, -0.2) is 16.8 Å². The molecule has 1 fully saturated rings. The maximum atomic E-state index is 12.8. The molecule has 0 atom stereocenters. The minimum Gasteiger partial charge on any atom is -0.331 e. The quantitative estimate of drug-likeness (QED) is 0.759. The van der Waals surface area contributed by atoms with Gasteiger partial charge in [-0.1, -0.05) is 49.6 Å². The largest absolute Gasteiger partial charge is 0.331 e. The van der Waals surface area contributed by atoms with Crippen molar-refractivity contribution in [3.63, 3.8) is 0 Å². The highest BCUT2D eigenvalue weighted by atomic mass is 16.2. The van der Waals surface area contributed by atoms with Gasteiger partial charge in [0.2, 0.25) is 0 Å². The zero-order valence-electron chi connectivity index (χ0n) is 11.6. The Balaban J connectivity index is 1.80. The van der Waals surface area contributed by atoms with E-state index in [9.17, 15) is 4.79 Å². The van der Waals surface area contributed by atoms with Crippen molar-refractivity contribution in [2.45, 2.75) is 44.7 Å². The number of nitrogens with zero attached hydrogens (tertiary/aromatic N) is 1. The predicted octanol–water partition coefficient (Wildman–Crippen LogP) is 4.13. The van der Waals surface area contributed by atoms with Gasteiger partial charge in [0, 0.05) is 18.2 Å². The fourth-order valence-corrected chi connectivity index (χ4v) is 3.83. The van der Waals surface area contributed by atoms with Crippen LogP contribution in [0, 0.1) is 0 Å². The molecule has 0 bridgehead atoms. The molecule has 2 heteroatoms. The lowest BCUT2D eigenvalue weighted by atomic mass is 9.89. The molecule has 0 unspecified atom stereocenters. The topological polar surface area (TPSA) is 20.3 Å². The molecule has 102 valence electrons. The van der Waals surface area contributed by atoms with E-state index in [0.29, 0.717) is 6.04 Å². The molecule has 1 saturated carbocycles. The van der Waals surface area contributed by atoms with Crippen LogP contribution in [0.15, 0.2) is 36.4 Å². The van der Waals surface area contributed by atoms with E-state index in [2.05, 4.69) is 29.2 Å². The van der Waals surface area contributed by atoms with Crippen LogP contribution in [0.2, 0.25) is 0 Å². The molecule has 0 spiro atoms. The number of hydrogen-bond acceptors (Lipinski definition) is 1. The van der Waals surface area contributed by atoms with Crippen LogP contribution in [0.25, 0.3) is 10.8 Å². The molecular weight excluding hydrogens is 246 g/mol. The van der Waals surface area contributed by atoms with Crippen molar-refractivity contribution in [3.05, 3.63) is 47.5 Å². The van der Waals surface area contributed by atoms with Crippen LogP contribution in [0.5, 0.6) is 0 Å². The second-order valence-corrected chi connectivity index (χ2v) is 6.05. The van der Waals surface area contributed by atoms with Crippen molar-refractivity contribution in [1.82, 2.24) is 4.90 Å². The molecule has 1 heterocycles. The van der Waals surface area contributed by atoms with Crippen LogP contribution in [0.4, 0.5) is 0 Å². The van der Waals surface area contributed by atoms with Gasteiger partial charge in [0.1, 0.15) is 0 Å². The van der Waals surface area contributed by atoms with Crippen LogP contribution < -0.4 is 0 Å². The van der Waals surface area contributed by atoms with Gasteiger partial charge < -0.3 is 4.90 Å². The smallest absolute Gasteiger partial charge is 0.255 e. The Morgan fingerprint density at radius 3 is 2.50 bits per heavy atom. The van der Waals surface area contributed by atoms with Crippen LogP contribution in [0.3, 0.4) is 0 Å². The van der Waals surface area contributed by atoms with Crippen molar-refractivity contribution < 1.29 is 4.79 Å². The molecule has 4 rings (SSSR count). The van der Waals surface area contributed by atoms with E-state index in [1.54, 1.807) is 0 Å². The fraction of sp³-hybridized carbons (Fsp3) is 0.389. The van der Waals surface area contributed by atoms with E-state index in [1.165, 1.54) is 48.4 Å². The lowest BCUT2D eigenvalue weighted by molar-refractivity contribution is 0.0607. The van der Waals surface area contributed by atoms with Gasteiger partial charge in [-0.3, -0.25) is 4.79 Å². The molecule has 0 N–H and O–H groups in total. The maximum Gasteiger partial charge on any atom is 0.255 e. The van der Waals surface area contributed by atoms with E-state index in [4.69, 9.17) is 0 Å². The van der Waals surface area contributed by atoms with Gasteiger partial charge in [-0.05, 0) is 35.2 Å². The van der Waals surface area contributed by atoms with Crippen LogP contribution in [-0.2, 0) is 6.54 Å². The molecule has 1 aliphatic heterocycles. The number of amides is 1. The highest BCUT2D eigenvalue weighted by Gasteiger charge is 2.31. The first-order valence-electron chi connectivity index (χ1n) is 7.66. The standard InChI is InChI=1S/C18H19NO/c20-18-16-11-5-7-13-6-4-8-14(17(13)16)12-19(18)15-9-2-1-3-10-15/h4-8,11,15H,1-3,9-10,12H2. The highest BCUT2D eigenvalue weighted by Crippen LogP contribution is 2.33. The summed E-state index contributed by atoms with van der Waals surface area (Å²) in [4.78, 5) is 14.9. The van der Waals surface area contributed by atoms with Crippen molar-refractivity contribution in [3.8, 4) is 0 Å². The molecule has 2 aliphatic rings. The summed E-state index contributed by atoms with van der Waals surface area (Å²) in [7, 11) is 0. The third kappa shape index (κ3) is 1.75. The first kappa shape index (κ1) is 12.0. The minimum absolute atomic E-state index is 0.237. The monoisotopic (exact) mass is 265 g/mol. The Morgan fingerprint density at radius 2 is 1.70 bits per heavy atom. The van der Waals surface area contributed by atoms with E-state index in [1.807, 2.05) is 12.1 Å². The first-order valence-corrected chi connectivity index (χ1v) is 7.66. The predicted molar refractivity (Wildman–Crippen MR) is 80.7 cm³/mol. The van der Waals surface area contributed by atoms with Crippen molar-refractivity contribution in [1.29, 1.82) is 0 Å². The van der Waals surface area contributed by atoms with E-state index >= 15 is 0 Å². The average molecular weight is 265 g/mol. The number of carbonyl (C=O) groups excluding carboxylic acids is 1. The summed E-state index contributed by atoms with van der Waals surface area (Å²) in [5.74, 6) is 0.237. The SMILES string of the molecule is O=C1c2cccc3cccc(c23)CN1C1CCCCC1. The summed E-state index contributed by atoms with van der Waals surface area (Å²) in [6, 6.07) is 12.9. The molecular formula is C18H19NO. The maximum absolute atomic E-state index is 12.8. The van der Waals surface area contributed by atoms with E-state index < -0.39 is 0 Å². The summed E-state index contributed by atoms with van der Waals surface area (Å²) in [5.41, 5.74) is 2.21. The third-order valence-electron chi connectivity index (χ3n) is 4.84. The average Bonchev–Trinajstić information content (AvgIpc) is 2.52. The Morgan fingerprint density at radius 1 is 0.950 bits per heavy atom. The number of rotatable bonds is 1. The van der Waals surface area contributed by atoms with Crippen molar-refractivity contribution in [2.24, 2.45) is 0 Å². The minimum atomic E-state index is 0.237.